The van der Waals surface area contributed by atoms with Gasteiger partial charge in [0.25, 0.3) is 0 Å². The van der Waals surface area contributed by atoms with Gasteiger partial charge in [-0.2, -0.15) is 0 Å². The van der Waals surface area contributed by atoms with E-state index in [2.05, 4.69) is 29.8 Å². The number of hydrogen-bond donors (Lipinski definition) is 0. The molecule has 4 heteroatoms. The van der Waals surface area contributed by atoms with E-state index in [1.54, 1.807) is 19.4 Å². The fourth-order valence-corrected chi connectivity index (χ4v) is 2.78. The Balaban J connectivity index is 2.23. The van der Waals surface area contributed by atoms with Crippen LogP contribution < -0.4 is 4.74 Å². The van der Waals surface area contributed by atoms with Gasteiger partial charge in [-0.15, -0.1) is 0 Å². The van der Waals surface area contributed by atoms with Gasteiger partial charge in [0.2, 0.25) is 0 Å². The van der Waals surface area contributed by atoms with E-state index in [0.29, 0.717) is 16.5 Å². The molecule has 3 nitrogen and oxygen atoms in total. The quantitative estimate of drug-likeness (QED) is 0.823. The first-order valence-electron chi connectivity index (χ1n) is 7.22. The topological polar surface area (TPSA) is 25.4 Å². The third-order valence-corrected chi connectivity index (χ3v) is 4.11. The van der Waals surface area contributed by atoms with Crippen LogP contribution in [-0.2, 0) is 0 Å². The van der Waals surface area contributed by atoms with E-state index < -0.39 is 0 Å². The van der Waals surface area contributed by atoms with Gasteiger partial charge in [0, 0.05) is 24.4 Å². The van der Waals surface area contributed by atoms with Crippen molar-refractivity contribution in [3.05, 3.63) is 83.3 Å². The number of benzene rings is 1. The summed E-state index contributed by atoms with van der Waals surface area (Å²) in [4.78, 5) is 6.50. The molecule has 0 aliphatic carbocycles. The predicted molar refractivity (Wildman–Crippen MR) is 95.1 cm³/mol. The van der Waals surface area contributed by atoms with Gasteiger partial charge in [-0.25, -0.2) is 4.98 Å². The maximum atomic E-state index is 6.45. The van der Waals surface area contributed by atoms with Gasteiger partial charge in [-0.1, -0.05) is 54.6 Å². The second kappa shape index (κ2) is 6.31. The minimum absolute atomic E-state index is 0.544. The molecule has 0 fully saturated rings. The fourth-order valence-electron chi connectivity index (χ4n) is 2.54. The van der Waals surface area contributed by atoms with E-state index in [1.165, 1.54) is 0 Å². The van der Waals surface area contributed by atoms with E-state index in [-0.39, 0.29) is 0 Å². The van der Waals surface area contributed by atoms with Crippen LogP contribution in [0.4, 0.5) is 0 Å². The van der Waals surface area contributed by atoms with E-state index in [9.17, 15) is 0 Å². The zero-order valence-electron chi connectivity index (χ0n) is 13.1. The molecule has 1 aromatic heterocycles. The lowest BCUT2D eigenvalue weighted by atomic mass is 9.97. The number of nitrogens with zero attached hydrogens (tertiary/aromatic N) is 2. The van der Waals surface area contributed by atoms with Crippen molar-refractivity contribution in [3.63, 3.8) is 0 Å². The van der Waals surface area contributed by atoms with Gasteiger partial charge in [-0.3, -0.25) is 0 Å². The van der Waals surface area contributed by atoms with Gasteiger partial charge in [0.15, 0.2) is 0 Å². The van der Waals surface area contributed by atoms with Gasteiger partial charge < -0.3 is 9.64 Å². The van der Waals surface area contributed by atoms with Crippen LogP contribution in [-0.4, -0.2) is 24.0 Å². The summed E-state index contributed by atoms with van der Waals surface area (Å²) in [6.07, 6.45) is 5.71. The number of rotatable bonds is 3. The van der Waals surface area contributed by atoms with Crippen molar-refractivity contribution in [1.82, 2.24) is 9.88 Å². The summed E-state index contributed by atoms with van der Waals surface area (Å²) in [5.74, 6) is 0.633. The van der Waals surface area contributed by atoms with Crippen LogP contribution in [0, 0.1) is 0 Å². The van der Waals surface area contributed by atoms with Crippen molar-refractivity contribution in [3.8, 4) is 5.75 Å². The zero-order valence-corrected chi connectivity index (χ0v) is 13.8. The lowest BCUT2D eigenvalue weighted by Crippen LogP contribution is -2.19. The van der Waals surface area contributed by atoms with E-state index in [1.807, 2.05) is 36.2 Å². The lowest BCUT2D eigenvalue weighted by Gasteiger charge is -2.29. The molecular weight excluding hydrogens is 308 g/mol. The number of halogens is 1. The highest BCUT2D eigenvalue weighted by Gasteiger charge is 2.22. The lowest BCUT2D eigenvalue weighted by molar-refractivity contribution is 0.412. The van der Waals surface area contributed by atoms with Gasteiger partial charge >= 0.3 is 0 Å². The van der Waals surface area contributed by atoms with Crippen molar-refractivity contribution < 1.29 is 4.74 Å². The Morgan fingerprint density at radius 2 is 1.91 bits per heavy atom. The van der Waals surface area contributed by atoms with Crippen LogP contribution in [0.1, 0.15) is 11.3 Å². The normalized spacial score (nSPS) is 14.4. The first kappa shape index (κ1) is 15.4. The molecule has 1 aromatic carbocycles. The Bertz CT molecular complexity index is 809. The Kier molecular flexibility index (Phi) is 4.22. The summed E-state index contributed by atoms with van der Waals surface area (Å²) >= 11 is 6.45. The van der Waals surface area contributed by atoms with Crippen LogP contribution in [0.25, 0.3) is 11.3 Å². The SMILES string of the molecule is C=C1C=CC(c2ccccc2)=C(c2ncc(OC)cc2Cl)N1C. The maximum Gasteiger partial charge on any atom is 0.138 e. The summed E-state index contributed by atoms with van der Waals surface area (Å²) in [5, 5.41) is 0.544. The summed E-state index contributed by atoms with van der Waals surface area (Å²) < 4.78 is 5.19. The highest BCUT2D eigenvalue weighted by Crippen LogP contribution is 2.37. The van der Waals surface area contributed by atoms with E-state index in [0.717, 1.165) is 22.5 Å². The number of pyridine rings is 1. The largest absolute Gasteiger partial charge is 0.495 e. The molecule has 0 saturated heterocycles. The average Bonchev–Trinajstić information content (AvgIpc) is 2.58. The zero-order chi connectivity index (χ0) is 16.4. The second-order valence-corrected chi connectivity index (χ2v) is 5.62. The molecule has 3 rings (SSSR count). The van der Waals surface area contributed by atoms with Crippen LogP contribution in [0.2, 0.25) is 5.02 Å². The highest BCUT2D eigenvalue weighted by molar-refractivity contribution is 6.32. The molecule has 0 spiro atoms. The number of ether oxygens (including phenoxy) is 1. The standard InChI is InChI=1S/C19H17ClN2O/c1-13-9-10-16(14-7-5-4-6-8-14)19(22(13)2)18-17(20)11-15(23-3)12-21-18/h4-12H,1H2,2-3H3. The van der Waals surface area contributed by atoms with Crippen molar-refractivity contribution in [2.45, 2.75) is 0 Å². The summed E-state index contributed by atoms with van der Waals surface area (Å²) in [5.41, 5.74) is 4.68. The van der Waals surface area contributed by atoms with Gasteiger partial charge in [0.05, 0.1) is 24.0 Å². The Hall–Kier alpha value is -2.52. The first-order valence-corrected chi connectivity index (χ1v) is 7.60. The molecule has 23 heavy (non-hydrogen) atoms. The number of hydrogen-bond acceptors (Lipinski definition) is 3. The molecule has 1 aliphatic rings. The summed E-state index contributed by atoms with van der Waals surface area (Å²) in [6.45, 7) is 4.07. The Morgan fingerprint density at radius 1 is 1.17 bits per heavy atom. The van der Waals surface area contributed by atoms with Crippen molar-refractivity contribution in [1.29, 1.82) is 0 Å². The number of likely N-dealkylation sites (N-methyl/N-ethyl adjacent to an activating group) is 1. The second-order valence-electron chi connectivity index (χ2n) is 5.22. The molecule has 0 atom stereocenters. The minimum atomic E-state index is 0.544. The first-order chi connectivity index (χ1) is 11.1. The van der Waals surface area contributed by atoms with Crippen molar-refractivity contribution in [2.75, 3.05) is 14.2 Å². The highest BCUT2D eigenvalue weighted by atomic mass is 35.5. The molecule has 2 heterocycles. The van der Waals surface area contributed by atoms with Crippen LogP contribution in [0.5, 0.6) is 5.75 Å². The monoisotopic (exact) mass is 324 g/mol. The average molecular weight is 325 g/mol. The maximum absolute atomic E-state index is 6.45. The molecule has 0 radical (unpaired) electrons. The van der Waals surface area contributed by atoms with E-state index >= 15 is 0 Å². The summed E-state index contributed by atoms with van der Waals surface area (Å²) in [7, 11) is 3.56. The predicted octanol–water partition coefficient (Wildman–Crippen LogP) is 4.63. The van der Waals surface area contributed by atoms with Gasteiger partial charge in [-0.05, 0) is 11.6 Å². The molecule has 0 bridgehead atoms. The molecule has 116 valence electrons. The van der Waals surface area contributed by atoms with Crippen molar-refractivity contribution >= 4 is 22.9 Å². The third kappa shape index (κ3) is 2.88. The Morgan fingerprint density at radius 3 is 2.57 bits per heavy atom. The summed E-state index contributed by atoms with van der Waals surface area (Å²) in [6, 6.07) is 11.9. The molecule has 0 unspecified atom stereocenters. The Labute approximate surface area is 141 Å². The third-order valence-electron chi connectivity index (χ3n) is 3.82. The van der Waals surface area contributed by atoms with Crippen LogP contribution >= 0.6 is 11.6 Å². The molecular formula is C19H17ClN2O. The number of allylic oxidation sites excluding steroid dienone is 3. The van der Waals surface area contributed by atoms with E-state index in [4.69, 9.17) is 16.3 Å². The number of methoxy groups -OCH3 is 1. The van der Waals surface area contributed by atoms with Crippen LogP contribution in [0.3, 0.4) is 0 Å². The fraction of sp³-hybridized carbons (Fsp3) is 0.105. The van der Waals surface area contributed by atoms with Crippen molar-refractivity contribution in [2.24, 2.45) is 0 Å². The van der Waals surface area contributed by atoms with Crippen LogP contribution in [0.15, 0.2) is 67.0 Å². The molecule has 2 aromatic rings. The molecule has 1 aliphatic heterocycles. The minimum Gasteiger partial charge on any atom is -0.495 e. The molecule has 0 saturated carbocycles. The smallest absolute Gasteiger partial charge is 0.138 e. The molecule has 0 amide bonds. The van der Waals surface area contributed by atoms with Gasteiger partial charge in [0.1, 0.15) is 11.4 Å². The molecule has 0 N–H and O–H groups in total. The number of aromatic nitrogens is 1.